The van der Waals surface area contributed by atoms with E-state index in [1.165, 1.54) is 6.92 Å². The van der Waals surface area contributed by atoms with Crippen molar-refractivity contribution in [2.45, 2.75) is 39.0 Å². The van der Waals surface area contributed by atoms with E-state index >= 15 is 0 Å². The molecular formula is C14H18F3N3O. The molecule has 1 amide bonds. The number of carbonyl (C=O) groups is 1. The van der Waals surface area contributed by atoms with Crippen molar-refractivity contribution in [2.75, 3.05) is 13.1 Å². The number of hydrogen-bond donors (Lipinski definition) is 1. The van der Waals surface area contributed by atoms with Crippen LogP contribution < -0.4 is 5.32 Å². The van der Waals surface area contributed by atoms with E-state index in [-0.39, 0.29) is 23.6 Å². The number of alkyl halides is 3. The Balaban J connectivity index is 2.31. The zero-order valence-electron chi connectivity index (χ0n) is 12.2. The summed E-state index contributed by atoms with van der Waals surface area (Å²) in [7, 11) is 0. The van der Waals surface area contributed by atoms with Crippen LogP contribution in [0.1, 0.15) is 35.5 Å². The Morgan fingerprint density at radius 1 is 1.33 bits per heavy atom. The van der Waals surface area contributed by atoms with E-state index in [1.54, 1.807) is 4.90 Å². The largest absolute Gasteiger partial charge is 0.433 e. The van der Waals surface area contributed by atoms with E-state index in [2.05, 4.69) is 10.3 Å². The summed E-state index contributed by atoms with van der Waals surface area (Å²) in [6.45, 7) is 6.66. The fourth-order valence-corrected chi connectivity index (χ4v) is 2.61. The summed E-state index contributed by atoms with van der Waals surface area (Å²) in [5.74, 6) is -0.268. The van der Waals surface area contributed by atoms with Gasteiger partial charge in [0.1, 0.15) is 5.69 Å². The molecule has 4 nitrogen and oxygen atoms in total. The molecule has 2 atom stereocenters. The fourth-order valence-electron chi connectivity index (χ4n) is 2.61. The number of amides is 1. The second-order valence-corrected chi connectivity index (χ2v) is 5.45. The average Bonchev–Trinajstić information content (AvgIpc) is 2.37. The first-order chi connectivity index (χ1) is 9.71. The van der Waals surface area contributed by atoms with E-state index in [1.807, 2.05) is 13.8 Å². The maximum absolute atomic E-state index is 12.6. The molecule has 0 saturated carbocycles. The summed E-state index contributed by atoms with van der Waals surface area (Å²) >= 11 is 0. The van der Waals surface area contributed by atoms with Crippen molar-refractivity contribution in [3.05, 3.63) is 29.1 Å². The standard InChI is InChI=1S/C14H18F3N3O/c1-8-4-12(14(15,16)17)19-7-11(8)13(21)20-9(2)5-18-6-10(20)3/h4,7,9-10,18H,5-6H2,1-3H3/t9-,10-/m0/s1. The molecule has 1 aromatic rings. The molecule has 1 aromatic heterocycles. The monoisotopic (exact) mass is 301 g/mol. The zero-order valence-corrected chi connectivity index (χ0v) is 12.2. The normalized spacial score (nSPS) is 23.2. The number of piperazine rings is 1. The molecule has 1 fully saturated rings. The first kappa shape index (κ1) is 15.8. The van der Waals surface area contributed by atoms with Gasteiger partial charge in [0.05, 0.1) is 5.56 Å². The summed E-state index contributed by atoms with van der Waals surface area (Å²) in [6, 6.07) is 0.899. The molecule has 0 aliphatic carbocycles. The topological polar surface area (TPSA) is 45.2 Å². The molecule has 1 aliphatic heterocycles. The van der Waals surface area contributed by atoms with Crippen LogP contribution in [0.5, 0.6) is 0 Å². The van der Waals surface area contributed by atoms with Gasteiger partial charge >= 0.3 is 6.18 Å². The predicted octanol–water partition coefficient (Wildman–Crippen LogP) is 2.23. The highest BCUT2D eigenvalue weighted by Crippen LogP contribution is 2.29. The van der Waals surface area contributed by atoms with Crippen LogP contribution in [0.15, 0.2) is 12.3 Å². The number of halogens is 3. The van der Waals surface area contributed by atoms with Gasteiger partial charge in [-0.25, -0.2) is 0 Å². The van der Waals surface area contributed by atoms with E-state index in [4.69, 9.17) is 0 Å². The summed E-state index contributed by atoms with van der Waals surface area (Å²) in [6.07, 6.45) is -3.47. The molecule has 0 spiro atoms. The molecule has 2 heterocycles. The molecule has 0 bridgehead atoms. The van der Waals surface area contributed by atoms with Crippen LogP contribution in [0.25, 0.3) is 0 Å². The van der Waals surface area contributed by atoms with Crippen LogP contribution in [0.2, 0.25) is 0 Å². The molecule has 0 aromatic carbocycles. The van der Waals surface area contributed by atoms with E-state index in [0.717, 1.165) is 12.3 Å². The number of nitrogens with one attached hydrogen (secondary N) is 1. The number of aromatic nitrogens is 1. The summed E-state index contributed by atoms with van der Waals surface area (Å²) in [4.78, 5) is 17.7. The lowest BCUT2D eigenvalue weighted by atomic mass is 10.0. The smallest absolute Gasteiger partial charge is 0.331 e. The highest BCUT2D eigenvalue weighted by molar-refractivity contribution is 5.95. The number of carbonyl (C=O) groups excluding carboxylic acids is 1. The van der Waals surface area contributed by atoms with Gasteiger partial charge in [-0.3, -0.25) is 9.78 Å². The minimum Gasteiger partial charge on any atom is -0.331 e. The number of aryl methyl sites for hydroxylation is 1. The Morgan fingerprint density at radius 2 is 1.90 bits per heavy atom. The van der Waals surface area contributed by atoms with Crippen molar-refractivity contribution in [1.82, 2.24) is 15.2 Å². The van der Waals surface area contributed by atoms with E-state index in [9.17, 15) is 18.0 Å². The van der Waals surface area contributed by atoms with Crippen molar-refractivity contribution in [3.8, 4) is 0 Å². The molecule has 0 radical (unpaired) electrons. The van der Waals surface area contributed by atoms with Crippen molar-refractivity contribution in [2.24, 2.45) is 0 Å². The Morgan fingerprint density at radius 3 is 2.38 bits per heavy atom. The minimum atomic E-state index is -4.50. The number of rotatable bonds is 1. The third kappa shape index (κ3) is 3.18. The molecule has 1 saturated heterocycles. The second-order valence-electron chi connectivity index (χ2n) is 5.45. The minimum absolute atomic E-state index is 0.0112. The molecule has 1 aliphatic rings. The van der Waals surface area contributed by atoms with Gasteiger partial charge in [-0.15, -0.1) is 0 Å². The Bertz CT molecular complexity index is 535. The lowest BCUT2D eigenvalue weighted by molar-refractivity contribution is -0.141. The van der Waals surface area contributed by atoms with Gasteiger partial charge in [0.2, 0.25) is 0 Å². The third-order valence-electron chi connectivity index (χ3n) is 3.70. The number of hydrogen-bond acceptors (Lipinski definition) is 3. The Kier molecular flexibility index (Phi) is 4.22. The highest BCUT2D eigenvalue weighted by Gasteiger charge is 2.34. The average molecular weight is 301 g/mol. The lowest BCUT2D eigenvalue weighted by Gasteiger charge is -2.39. The van der Waals surface area contributed by atoms with Crippen LogP contribution >= 0.6 is 0 Å². The molecule has 1 N–H and O–H groups in total. The molecule has 0 unspecified atom stereocenters. The summed E-state index contributed by atoms with van der Waals surface area (Å²) in [5.41, 5.74) is -0.457. The second kappa shape index (κ2) is 5.63. The Hall–Kier alpha value is -1.63. The third-order valence-corrected chi connectivity index (χ3v) is 3.70. The molecular weight excluding hydrogens is 283 g/mol. The first-order valence-electron chi connectivity index (χ1n) is 6.79. The van der Waals surface area contributed by atoms with Crippen molar-refractivity contribution in [3.63, 3.8) is 0 Å². The zero-order chi connectivity index (χ0) is 15.8. The maximum Gasteiger partial charge on any atom is 0.433 e. The number of pyridine rings is 1. The van der Waals surface area contributed by atoms with Crippen LogP contribution in [-0.2, 0) is 6.18 Å². The fraction of sp³-hybridized carbons (Fsp3) is 0.571. The van der Waals surface area contributed by atoms with Crippen molar-refractivity contribution in [1.29, 1.82) is 0 Å². The van der Waals surface area contributed by atoms with Crippen molar-refractivity contribution >= 4 is 5.91 Å². The van der Waals surface area contributed by atoms with Gasteiger partial charge in [0.25, 0.3) is 5.91 Å². The first-order valence-corrected chi connectivity index (χ1v) is 6.79. The van der Waals surface area contributed by atoms with Gasteiger partial charge in [0.15, 0.2) is 0 Å². The van der Waals surface area contributed by atoms with Crippen LogP contribution in [0.3, 0.4) is 0 Å². The van der Waals surface area contributed by atoms with E-state index in [0.29, 0.717) is 18.7 Å². The molecule has 7 heteroatoms. The van der Waals surface area contributed by atoms with Crippen molar-refractivity contribution < 1.29 is 18.0 Å². The van der Waals surface area contributed by atoms with Gasteiger partial charge in [0, 0.05) is 31.4 Å². The SMILES string of the molecule is Cc1cc(C(F)(F)F)ncc1C(=O)N1[C@@H](C)CNC[C@@H]1C. The van der Waals surface area contributed by atoms with Gasteiger partial charge < -0.3 is 10.2 Å². The van der Waals surface area contributed by atoms with Gasteiger partial charge in [-0.1, -0.05) is 0 Å². The maximum atomic E-state index is 12.6. The van der Waals surface area contributed by atoms with Crippen LogP contribution in [0, 0.1) is 6.92 Å². The van der Waals surface area contributed by atoms with E-state index < -0.39 is 11.9 Å². The van der Waals surface area contributed by atoms with Crippen LogP contribution in [0.4, 0.5) is 13.2 Å². The number of nitrogens with zero attached hydrogens (tertiary/aromatic N) is 2. The lowest BCUT2D eigenvalue weighted by Crippen LogP contribution is -2.57. The van der Waals surface area contributed by atoms with Gasteiger partial charge in [-0.2, -0.15) is 13.2 Å². The molecule has 21 heavy (non-hydrogen) atoms. The van der Waals surface area contributed by atoms with Gasteiger partial charge in [-0.05, 0) is 32.4 Å². The molecule has 116 valence electrons. The predicted molar refractivity (Wildman–Crippen MR) is 71.9 cm³/mol. The summed E-state index contributed by atoms with van der Waals surface area (Å²) in [5, 5.41) is 3.21. The molecule has 2 rings (SSSR count). The quantitative estimate of drug-likeness (QED) is 0.865. The highest BCUT2D eigenvalue weighted by atomic mass is 19.4. The Labute approximate surface area is 121 Å². The van der Waals surface area contributed by atoms with Crippen LogP contribution in [-0.4, -0.2) is 41.0 Å². The summed E-state index contributed by atoms with van der Waals surface area (Å²) < 4.78 is 37.8.